The Labute approximate surface area is 157 Å². The van der Waals surface area contributed by atoms with Crippen LogP contribution in [0, 0.1) is 0 Å². The number of aromatic nitrogens is 3. The van der Waals surface area contributed by atoms with Crippen molar-refractivity contribution in [3.8, 4) is 5.88 Å². The van der Waals surface area contributed by atoms with Gasteiger partial charge >= 0.3 is 0 Å². The average molecular weight is 369 g/mol. The van der Waals surface area contributed by atoms with Crippen molar-refractivity contribution in [2.45, 2.75) is 32.2 Å². The second-order valence-corrected chi connectivity index (χ2v) is 7.19. The number of hydrogen-bond acceptors (Lipinski definition) is 6. The molecule has 0 saturated heterocycles. The zero-order chi connectivity index (χ0) is 19.1. The Morgan fingerprint density at radius 3 is 2.78 bits per heavy atom. The van der Waals surface area contributed by atoms with Gasteiger partial charge in [-0.3, -0.25) is 14.6 Å². The number of methoxy groups -OCH3 is 1. The molecule has 0 aromatic carbocycles. The number of nitrogens with zero attached hydrogens (tertiary/aromatic N) is 4. The van der Waals surface area contributed by atoms with E-state index in [2.05, 4.69) is 15.0 Å². The molecule has 2 aromatic rings. The fourth-order valence-corrected chi connectivity index (χ4v) is 3.74. The number of rotatable bonds is 3. The standard InChI is InChI=1S/C19H23N5O3/c1-23(2)19-21-15-10-24(8-7-12(15)16(25)22-19)18(26)13-9-11-5-4-6-14(11)20-17(13)27-3/h9H,4-8,10H2,1-3H3,(H,21,22,25). The maximum atomic E-state index is 13.2. The molecular weight excluding hydrogens is 346 g/mol. The van der Waals surface area contributed by atoms with E-state index in [-0.39, 0.29) is 11.5 Å². The summed E-state index contributed by atoms with van der Waals surface area (Å²) in [5.74, 6) is 0.734. The fraction of sp³-hybridized carbons (Fsp3) is 0.474. The molecule has 4 rings (SSSR count). The summed E-state index contributed by atoms with van der Waals surface area (Å²) >= 11 is 0. The van der Waals surface area contributed by atoms with Crippen LogP contribution in [0.5, 0.6) is 5.88 Å². The number of hydrogen-bond donors (Lipinski definition) is 1. The molecule has 1 aliphatic carbocycles. The molecule has 0 unspecified atom stereocenters. The summed E-state index contributed by atoms with van der Waals surface area (Å²) in [5.41, 5.74) is 3.81. The van der Waals surface area contributed by atoms with Crippen molar-refractivity contribution >= 4 is 11.9 Å². The molecular formula is C19H23N5O3. The number of carbonyl (C=O) groups is 1. The highest BCUT2D eigenvalue weighted by Crippen LogP contribution is 2.28. The molecule has 8 nitrogen and oxygen atoms in total. The van der Waals surface area contributed by atoms with Crippen molar-refractivity contribution < 1.29 is 9.53 Å². The number of aromatic amines is 1. The third-order valence-corrected chi connectivity index (χ3v) is 5.21. The first kappa shape index (κ1) is 17.5. The lowest BCUT2D eigenvalue weighted by Gasteiger charge is -2.28. The van der Waals surface area contributed by atoms with E-state index in [0.29, 0.717) is 48.2 Å². The molecule has 1 aliphatic heterocycles. The largest absolute Gasteiger partial charge is 0.480 e. The molecule has 0 saturated carbocycles. The lowest BCUT2D eigenvalue weighted by Crippen LogP contribution is -2.39. The Balaban J connectivity index is 1.66. The molecule has 3 heterocycles. The highest BCUT2D eigenvalue weighted by atomic mass is 16.5. The van der Waals surface area contributed by atoms with Crippen LogP contribution >= 0.6 is 0 Å². The van der Waals surface area contributed by atoms with Gasteiger partial charge in [0.05, 0.1) is 19.3 Å². The van der Waals surface area contributed by atoms with E-state index in [1.54, 1.807) is 9.80 Å². The van der Waals surface area contributed by atoms with Gasteiger partial charge in [-0.1, -0.05) is 0 Å². The van der Waals surface area contributed by atoms with Gasteiger partial charge in [0.1, 0.15) is 5.56 Å². The van der Waals surface area contributed by atoms with Crippen LogP contribution in [-0.2, 0) is 25.8 Å². The molecule has 0 spiro atoms. The number of nitrogens with one attached hydrogen (secondary N) is 1. The minimum Gasteiger partial charge on any atom is -0.480 e. The van der Waals surface area contributed by atoms with Crippen LogP contribution in [0.1, 0.15) is 39.3 Å². The van der Waals surface area contributed by atoms with Crippen molar-refractivity contribution in [3.63, 3.8) is 0 Å². The van der Waals surface area contributed by atoms with Gasteiger partial charge in [0.15, 0.2) is 0 Å². The van der Waals surface area contributed by atoms with Crippen LogP contribution in [0.2, 0.25) is 0 Å². The van der Waals surface area contributed by atoms with E-state index < -0.39 is 0 Å². The van der Waals surface area contributed by atoms with Gasteiger partial charge in [0.25, 0.3) is 11.5 Å². The maximum Gasteiger partial charge on any atom is 0.259 e. The minimum absolute atomic E-state index is 0.131. The van der Waals surface area contributed by atoms with Crippen LogP contribution in [0.25, 0.3) is 0 Å². The molecule has 0 atom stereocenters. The van der Waals surface area contributed by atoms with Gasteiger partial charge < -0.3 is 14.5 Å². The Morgan fingerprint density at radius 1 is 1.22 bits per heavy atom. The van der Waals surface area contributed by atoms with Crippen LogP contribution in [0.4, 0.5) is 5.95 Å². The summed E-state index contributed by atoms with van der Waals surface area (Å²) in [6, 6.07) is 1.92. The van der Waals surface area contributed by atoms with Crippen molar-refractivity contribution in [1.29, 1.82) is 0 Å². The summed E-state index contributed by atoms with van der Waals surface area (Å²) in [4.78, 5) is 40.8. The van der Waals surface area contributed by atoms with Crippen LogP contribution in [-0.4, -0.2) is 53.5 Å². The quantitative estimate of drug-likeness (QED) is 0.865. The number of amides is 1. The van der Waals surface area contributed by atoms with E-state index in [1.165, 1.54) is 7.11 Å². The lowest BCUT2D eigenvalue weighted by molar-refractivity contribution is 0.0727. The third kappa shape index (κ3) is 3.05. The van der Waals surface area contributed by atoms with Gasteiger partial charge in [-0.25, -0.2) is 9.97 Å². The summed E-state index contributed by atoms with van der Waals surface area (Å²) in [5, 5.41) is 0. The second-order valence-electron chi connectivity index (χ2n) is 7.19. The van der Waals surface area contributed by atoms with Crippen molar-refractivity contribution in [1.82, 2.24) is 19.9 Å². The first-order valence-corrected chi connectivity index (χ1v) is 9.13. The number of pyridine rings is 1. The number of aryl methyl sites for hydroxylation is 2. The summed E-state index contributed by atoms with van der Waals surface area (Å²) in [6.45, 7) is 0.775. The van der Waals surface area contributed by atoms with Crippen LogP contribution < -0.4 is 15.2 Å². The van der Waals surface area contributed by atoms with Crippen molar-refractivity contribution in [2.75, 3.05) is 32.6 Å². The first-order valence-electron chi connectivity index (χ1n) is 9.13. The van der Waals surface area contributed by atoms with E-state index in [9.17, 15) is 9.59 Å². The Hall–Kier alpha value is -2.90. The number of H-pyrrole nitrogens is 1. The molecule has 2 aliphatic rings. The predicted octanol–water partition coefficient (Wildman–Crippen LogP) is 0.927. The second kappa shape index (κ2) is 6.68. The summed E-state index contributed by atoms with van der Waals surface area (Å²) in [7, 11) is 5.17. The van der Waals surface area contributed by atoms with Gasteiger partial charge in [-0.15, -0.1) is 0 Å². The number of fused-ring (bicyclic) bond motifs is 2. The average Bonchev–Trinajstić information content (AvgIpc) is 3.13. The Bertz CT molecular complexity index is 967. The highest BCUT2D eigenvalue weighted by Gasteiger charge is 2.29. The SMILES string of the molecule is COc1nc2c(cc1C(=O)N1CCc3c(nc(N(C)C)[nH]c3=O)C1)CCC2. The minimum atomic E-state index is -0.132. The van der Waals surface area contributed by atoms with Gasteiger partial charge in [0.2, 0.25) is 11.8 Å². The van der Waals surface area contributed by atoms with E-state index in [1.807, 2.05) is 20.2 Å². The molecule has 0 fully saturated rings. The zero-order valence-corrected chi connectivity index (χ0v) is 15.8. The maximum absolute atomic E-state index is 13.2. The predicted molar refractivity (Wildman–Crippen MR) is 100 cm³/mol. The lowest BCUT2D eigenvalue weighted by atomic mass is 10.0. The molecule has 1 amide bonds. The van der Waals surface area contributed by atoms with E-state index >= 15 is 0 Å². The van der Waals surface area contributed by atoms with Gasteiger partial charge in [-0.2, -0.15) is 0 Å². The number of carbonyl (C=O) groups excluding carboxylic acids is 1. The fourth-order valence-electron chi connectivity index (χ4n) is 3.74. The van der Waals surface area contributed by atoms with E-state index in [4.69, 9.17) is 4.74 Å². The number of anilines is 1. The molecule has 8 heteroatoms. The van der Waals surface area contributed by atoms with Gasteiger partial charge in [-0.05, 0) is 37.3 Å². The zero-order valence-electron chi connectivity index (χ0n) is 15.8. The molecule has 2 aromatic heterocycles. The smallest absolute Gasteiger partial charge is 0.259 e. The molecule has 0 radical (unpaired) electrons. The van der Waals surface area contributed by atoms with Crippen molar-refractivity contribution in [3.05, 3.63) is 44.5 Å². The summed E-state index contributed by atoms with van der Waals surface area (Å²) in [6.07, 6.45) is 3.41. The first-order chi connectivity index (χ1) is 13.0. The normalized spacial score (nSPS) is 15.3. The summed E-state index contributed by atoms with van der Waals surface area (Å²) < 4.78 is 5.39. The Kier molecular flexibility index (Phi) is 4.33. The molecule has 27 heavy (non-hydrogen) atoms. The molecule has 0 bridgehead atoms. The number of ether oxygens (including phenoxy) is 1. The Morgan fingerprint density at radius 2 is 2.04 bits per heavy atom. The molecule has 142 valence electrons. The monoisotopic (exact) mass is 369 g/mol. The molecule has 1 N–H and O–H groups in total. The van der Waals surface area contributed by atoms with Crippen LogP contribution in [0.3, 0.4) is 0 Å². The third-order valence-electron chi connectivity index (χ3n) is 5.21. The highest BCUT2D eigenvalue weighted by molar-refractivity contribution is 5.96. The van der Waals surface area contributed by atoms with Crippen molar-refractivity contribution in [2.24, 2.45) is 0 Å². The van der Waals surface area contributed by atoms with Gasteiger partial charge in [0, 0.05) is 31.9 Å². The van der Waals surface area contributed by atoms with E-state index in [0.717, 1.165) is 30.5 Å². The topological polar surface area (TPSA) is 91.4 Å². The van der Waals surface area contributed by atoms with Crippen LogP contribution in [0.15, 0.2) is 10.9 Å².